The van der Waals surface area contributed by atoms with Crippen molar-refractivity contribution >= 4 is 33.9 Å². The lowest BCUT2D eigenvalue weighted by Crippen LogP contribution is -3.10. The van der Waals surface area contributed by atoms with Gasteiger partial charge in [0, 0.05) is 37.2 Å². The number of hydrogen-bond acceptors (Lipinski definition) is 3. The quantitative estimate of drug-likeness (QED) is 0.343. The van der Waals surface area contributed by atoms with Crippen LogP contribution in [0.5, 0.6) is 0 Å². The molecule has 1 atom stereocenters. The van der Waals surface area contributed by atoms with Crippen LogP contribution in [0.15, 0.2) is 47.3 Å². The van der Waals surface area contributed by atoms with Crippen LogP contribution >= 0.6 is 12.2 Å². The highest BCUT2D eigenvalue weighted by atomic mass is 32.1. The molecular weight excluding hydrogens is 442 g/mol. The highest BCUT2D eigenvalue weighted by Gasteiger charge is 2.14. The third-order valence-electron chi connectivity index (χ3n) is 6.60. The summed E-state index contributed by atoms with van der Waals surface area (Å²) in [5.41, 5.74) is 4.34. The number of nitrogens with one attached hydrogen (secondary N) is 3. The minimum Gasteiger partial charge on any atom is -0.362 e. The van der Waals surface area contributed by atoms with Crippen LogP contribution in [0.25, 0.3) is 10.9 Å². The van der Waals surface area contributed by atoms with Crippen molar-refractivity contribution in [1.29, 1.82) is 0 Å². The maximum atomic E-state index is 13.1. The molecule has 0 saturated heterocycles. The lowest BCUT2D eigenvalue weighted by atomic mass is 10.1. The Morgan fingerprint density at radius 1 is 1.18 bits per heavy atom. The van der Waals surface area contributed by atoms with E-state index in [1.54, 1.807) is 4.90 Å². The Kier molecular flexibility index (Phi) is 8.29. The van der Waals surface area contributed by atoms with Crippen molar-refractivity contribution < 1.29 is 4.90 Å². The van der Waals surface area contributed by atoms with Crippen molar-refractivity contribution in [2.24, 2.45) is 0 Å². The van der Waals surface area contributed by atoms with Crippen molar-refractivity contribution in [2.45, 2.75) is 59.0 Å². The largest absolute Gasteiger partial charge is 0.362 e. The van der Waals surface area contributed by atoms with Gasteiger partial charge in [0.25, 0.3) is 5.56 Å². The SMILES string of the molecule is CC[NH+](CCCNC(=S)Nc1ccc2nc3n(c(=O)c2c1)CCCCC3)Cc1cccc(C)c1. The molecule has 7 heteroatoms. The van der Waals surface area contributed by atoms with Gasteiger partial charge in [0.05, 0.1) is 24.0 Å². The molecular formula is C27H36N5OS+. The number of nitrogens with zero attached hydrogens (tertiary/aromatic N) is 2. The number of anilines is 1. The Morgan fingerprint density at radius 3 is 2.88 bits per heavy atom. The maximum Gasteiger partial charge on any atom is 0.261 e. The number of aryl methyl sites for hydroxylation is 2. The second-order valence-electron chi connectivity index (χ2n) is 9.28. The Morgan fingerprint density at radius 2 is 2.06 bits per heavy atom. The molecule has 1 unspecified atom stereocenters. The Balaban J connectivity index is 1.30. The van der Waals surface area contributed by atoms with Gasteiger partial charge < -0.3 is 15.5 Å². The van der Waals surface area contributed by atoms with Crippen molar-refractivity contribution in [3.63, 3.8) is 0 Å². The minimum atomic E-state index is 0.0562. The van der Waals surface area contributed by atoms with E-state index in [2.05, 4.69) is 48.7 Å². The zero-order valence-corrected chi connectivity index (χ0v) is 21.1. The molecule has 0 fully saturated rings. The average molecular weight is 479 g/mol. The topological polar surface area (TPSA) is 63.4 Å². The van der Waals surface area contributed by atoms with Gasteiger partial charge in [0.1, 0.15) is 12.4 Å². The van der Waals surface area contributed by atoms with Crippen LogP contribution in [-0.4, -0.2) is 34.3 Å². The van der Waals surface area contributed by atoms with Gasteiger partial charge in [-0.25, -0.2) is 4.98 Å². The van der Waals surface area contributed by atoms with Gasteiger partial charge >= 0.3 is 0 Å². The van der Waals surface area contributed by atoms with Gasteiger partial charge in [-0.3, -0.25) is 9.36 Å². The number of quaternary nitrogens is 1. The molecule has 2 heterocycles. The summed E-state index contributed by atoms with van der Waals surface area (Å²) in [4.78, 5) is 19.4. The van der Waals surface area contributed by atoms with Gasteiger partial charge in [-0.2, -0.15) is 0 Å². The first kappa shape index (κ1) is 24.4. The van der Waals surface area contributed by atoms with Crippen molar-refractivity contribution in [3.05, 3.63) is 69.8 Å². The summed E-state index contributed by atoms with van der Waals surface area (Å²) in [6.45, 7) is 9.19. The maximum absolute atomic E-state index is 13.1. The fourth-order valence-electron chi connectivity index (χ4n) is 4.71. The number of aromatic nitrogens is 2. The molecule has 0 spiro atoms. The molecule has 4 rings (SSSR count). The van der Waals surface area contributed by atoms with Gasteiger partial charge in [-0.1, -0.05) is 36.2 Å². The highest BCUT2D eigenvalue weighted by molar-refractivity contribution is 7.80. The van der Waals surface area contributed by atoms with Crippen LogP contribution in [0.4, 0.5) is 5.69 Å². The number of hydrogen-bond donors (Lipinski definition) is 3. The molecule has 180 valence electrons. The molecule has 3 aromatic rings. The van der Waals surface area contributed by atoms with E-state index in [0.717, 1.165) is 81.9 Å². The van der Waals surface area contributed by atoms with Crippen LogP contribution in [0.3, 0.4) is 0 Å². The first-order valence-electron chi connectivity index (χ1n) is 12.5. The average Bonchev–Trinajstić information content (AvgIpc) is 3.07. The molecule has 1 aromatic heterocycles. The molecule has 6 nitrogen and oxygen atoms in total. The number of rotatable bonds is 8. The fraction of sp³-hybridized carbons (Fsp3) is 0.444. The molecule has 1 aliphatic heterocycles. The molecule has 0 radical (unpaired) electrons. The highest BCUT2D eigenvalue weighted by Crippen LogP contribution is 2.18. The summed E-state index contributed by atoms with van der Waals surface area (Å²) in [5.74, 6) is 0.915. The van der Waals surface area contributed by atoms with Crippen LogP contribution in [0, 0.1) is 6.92 Å². The predicted octanol–water partition coefficient (Wildman–Crippen LogP) is 3.21. The van der Waals surface area contributed by atoms with E-state index in [9.17, 15) is 4.79 Å². The molecule has 0 saturated carbocycles. The molecule has 2 aromatic carbocycles. The first-order chi connectivity index (χ1) is 16.5. The number of fused-ring (bicyclic) bond motifs is 2. The monoisotopic (exact) mass is 478 g/mol. The zero-order chi connectivity index (χ0) is 23.9. The van der Waals surface area contributed by atoms with Crippen LogP contribution in [0.1, 0.15) is 49.6 Å². The number of benzene rings is 2. The lowest BCUT2D eigenvalue weighted by Gasteiger charge is -2.18. The van der Waals surface area contributed by atoms with E-state index in [4.69, 9.17) is 17.2 Å². The minimum absolute atomic E-state index is 0.0562. The standard InChI is InChI=1S/C27H35N5OS/c1-3-31(19-21-10-7-9-20(2)17-21)15-8-14-28-27(34)29-22-12-13-24-23(18-22)26(33)32-16-6-4-5-11-25(32)30-24/h7,9-10,12-13,17-18H,3-6,8,11,14-16,19H2,1-2H3,(H2,28,29,34)/p+1. The van der Waals surface area contributed by atoms with Gasteiger partial charge in [0.15, 0.2) is 5.11 Å². The van der Waals surface area contributed by atoms with Gasteiger partial charge in [-0.05, 0) is 57.1 Å². The summed E-state index contributed by atoms with van der Waals surface area (Å²) in [5, 5.41) is 7.78. The second-order valence-corrected chi connectivity index (χ2v) is 9.69. The van der Waals surface area contributed by atoms with E-state index in [1.165, 1.54) is 11.1 Å². The van der Waals surface area contributed by atoms with Crippen molar-refractivity contribution in [2.75, 3.05) is 25.0 Å². The molecule has 0 amide bonds. The van der Waals surface area contributed by atoms with E-state index < -0.39 is 0 Å². The molecule has 0 bridgehead atoms. The summed E-state index contributed by atoms with van der Waals surface area (Å²) < 4.78 is 1.86. The second kappa shape index (κ2) is 11.6. The van der Waals surface area contributed by atoms with Crippen LogP contribution in [-0.2, 0) is 19.5 Å². The summed E-state index contributed by atoms with van der Waals surface area (Å²) >= 11 is 5.51. The molecule has 0 aliphatic carbocycles. The third kappa shape index (κ3) is 6.21. The zero-order valence-electron chi connectivity index (χ0n) is 20.3. The third-order valence-corrected chi connectivity index (χ3v) is 6.85. The molecule has 34 heavy (non-hydrogen) atoms. The number of thiocarbonyl (C=S) groups is 1. The van der Waals surface area contributed by atoms with E-state index >= 15 is 0 Å². The Hall–Kier alpha value is -2.77. The fourth-order valence-corrected chi connectivity index (χ4v) is 4.93. The van der Waals surface area contributed by atoms with Crippen LogP contribution in [0.2, 0.25) is 0 Å². The van der Waals surface area contributed by atoms with E-state index in [-0.39, 0.29) is 5.56 Å². The Bertz CT molecular complexity index is 1210. The van der Waals surface area contributed by atoms with Gasteiger partial charge in [0.2, 0.25) is 0 Å². The van der Waals surface area contributed by atoms with Gasteiger partial charge in [-0.15, -0.1) is 0 Å². The normalized spacial score (nSPS) is 14.3. The molecule has 1 aliphatic rings. The van der Waals surface area contributed by atoms with Crippen LogP contribution < -0.4 is 21.1 Å². The summed E-state index contributed by atoms with van der Waals surface area (Å²) in [7, 11) is 0. The summed E-state index contributed by atoms with van der Waals surface area (Å²) in [6, 6.07) is 14.5. The first-order valence-corrected chi connectivity index (χ1v) is 12.9. The van der Waals surface area contributed by atoms with Crippen molar-refractivity contribution in [3.8, 4) is 0 Å². The molecule has 3 N–H and O–H groups in total. The van der Waals surface area contributed by atoms with Crippen molar-refractivity contribution in [1.82, 2.24) is 14.9 Å². The van der Waals surface area contributed by atoms with E-state index in [1.807, 2.05) is 22.8 Å². The predicted molar refractivity (Wildman–Crippen MR) is 144 cm³/mol. The Labute approximate surface area is 207 Å². The lowest BCUT2D eigenvalue weighted by molar-refractivity contribution is -0.912. The summed E-state index contributed by atoms with van der Waals surface area (Å²) in [6.07, 6.45) is 5.19. The smallest absolute Gasteiger partial charge is 0.261 e. The van der Waals surface area contributed by atoms with E-state index in [0.29, 0.717) is 10.5 Å².